The lowest BCUT2D eigenvalue weighted by Crippen LogP contribution is -2.45. The summed E-state index contributed by atoms with van der Waals surface area (Å²) in [7, 11) is 0. The zero-order valence-electron chi connectivity index (χ0n) is 16.7. The van der Waals surface area contributed by atoms with Gasteiger partial charge in [0.15, 0.2) is 5.41 Å². The van der Waals surface area contributed by atoms with Crippen molar-refractivity contribution in [3.05, 3.63) is 95.1 Å². The van der Waals surface area contributed by atoms with E-state index in [4.69, 9.17) is 4.74 Å². The Morgan fingerprint density at radius 1 is 0.879 bits per heavy atom. The predicted molar refractivity (Wildman–Crippen MR) is 108 cm³/mol. The van der Waals surface area contributed by atoms with Gasteiger partial charge in [-0.05, 0) is 29.8 Å². The molecule has 1 aliphatic heterocycles. The van der Waals surface area contributed by atoms with E-state index in [2.05, 4.69) is 5.32 Å². The molecule has 33 heavy (non-hydrogen) atoms. The Morgan fingerprint density at radius 2 is 1.52 bits per heavy atom. The first-order valence-corrected chi connectivity index (χ1v) is 9.60. The summed E-state index contributed by atoms with van der Waals surface area (Å²) in [6.07, 6.45) is -4.81. The van der Waals surface area contributed by atoms with Crippen LogP contribution in [0.2, 0.25) is 0 Å². The predicted octanol–water partition coefficient (Wildman–Crippen LogP) is 5.17. The second-order valence-electron chi connectivity index (χ2n) is 7.24. The molecule has 5 nitrogen and oxygen atoms in total. The third-order valence-electron chi connectivity index (χ3n) is 5.31. The lowest BCUT2D eigenvalue weighted by Gasteiger charge is -2.32. The lowest BCUT2D eigenvalue weighted by molar-refractivity contribution is -0.179. The fourth-order valence-corrected chi connectivity index (χ4v) is 3.83. The maximum absolute atomic E-state index is 14.5. The normalized spacial score (nSPS) is 17.1. The van der Waals surface area contributed by atoms with Gasteiger partial charge in [-0.1, -0.05) is 42.5 Å². The van der Waals surface area contributed by atoms with E-state index in [0.717, 1.165) is 18.2 Å². The van der Waals surface area contributed by atoms with Gasteiger partial charge in [0.25, 0.3) is 5.91 Å². The Bertz CT molecular complexity index is 1210. The molecule has 1 atom stereocenters. The number of hydrogen-bond acceptors (Lipinski definition) is 3. The number of imide groups is 1. The van der Waals surface area contributed by atoms with Crippen LogP contribution in [0, 0.1) is 11.6 Å². The first-order chi connectivity index (χ1) is 15.6. The van der Waals surface area contributed by atoms with Crippen LogP contribution in [0.15, 0.2) is 66.7 Å². The van der Waals surface area contributed by atoms with Crippen molar-refractivity contribution in [3.63, 3.8) is 0 Å². The first kappa shape index (κ1) is 22.3. The molecular weight excluding hydrogens is 447 g/mol. The third kappa shape index (κ3) is 3.77. The highest BCUT2D eigenvalue weighted by Gasteiger charge is 2.62. The first-order valence-electron chi connectivity index (χ1n) is 9.60. The van der Waals surface area contributed by atoms with Crippen molar-refractivity contribution >= 4 is 17.6 Å². The maximum Gasteiger partial charge on any atom is 0.405 e. The number of ether oxygens (including phenoxy) is 1. The highest BCUT2D eigenvalue weighted by Crippen LogP contribution is 2.55. The van der Waals surface area contributed by atoms with E-state index in [0.29, 0.717) is 0 Å². The van der Waals surface area contributed by atoms with E-state index in [1.54, 1.807) is 11.4 Å². The van der Waals surface area contributed by atoms with Crippen molar-refractivity contribution in [1.29, 1.82) is 0 Å². The monoisotopic (exact) mass is 462 g/mol. The Labute approximate surface area is 184 Å². The molecule has 3 amide bonds. The van der Waals surface area contributed by atoms with Crippen LogP contribution in [0.5, 0.6) is 5.75 Å². The van der Waals surface area contributed by atoms with E-state index in [9.17, 15) is 31.5 Å². The van der Waals surface area contributed by atoms with Gasteiger partial charge in [-0.2, -0.15) is 13.2 Å². The highest BCUT2D eigenvalue weighted by atomic mass is 19.4. The second-order valence-corrected chi connectivity index (χ2v) is 7.24. The summed E-state index contributed by atoms with van der Waals surface area (Å²) in [5, 5.41) is 3.92. The lowest BCUT2D eigenvalue weighted by atomic mass is 9.74. The van der Waals surface area contributed by atoms with Crippen LogP contribution in [0.25, 0.3) is 0 Å². The molecule has 0 saturated carbocycles. The number of urea groups is 1. The van der Waals surface area contributed by atoms with Gasteiger partial charge in [0.05, 0.1) is 5.69 Å². The molecule has 170 valence electrons. The molecule has 0 aromatic heterocycles. The van der Waals surface area contributed by atoms with Crippen molar-refractivity contribution in [1.82, 2.24) is 5.32 Å². The van der Waals surface area contributed by atoms with E-state index in [1.807, 2.05) is 0 Å². The van der Waals surface area contributed by atoms with Gasteiger partial charge in [0.1, 0.15) is 29.6 Å². The van der Waals surface area contributed by atoms with Crippen LogP contribution in [0.3, 0.4) is 0 Å². The summed E-state index contributed by atoms with van der Waals surface area (Å²) in [6.45, 7) is -0.754. The Balaban J connectivity index is 1.70. The third-order valence-corrected chi connectivity index (χ3v) is 5.31. The fourth-order valence-electron chi connectivity index (χ4n) is 3.83. The van der Waals surface area contributed by atoms with Crippen LogP contribution >= 0.6 is 0 Å². The molecule has 0 radical (unpaired) electrons. The van der Waals surface area contributed by atoms with Crippen LogP contribution < -0.4 is 15.4 Å². The van der Waals surface area contributed by atoms with E-state index in [-0.39, 0.29) is 22.6 Å². The number of fused-ring (bicyclic) bond motifs is 1. The molecule has 4 rings (SSSR count). The van der Waals surface area contributed by atoms with Gasteiger partial charge in [-0.15, -0.1) is 0 Å². The van der Waals surface area contributed by atoms with Crippen molar-refractivity contribution in [3.8, 4) is 5.75 Å². The molecule has 10 heteroatoms. The van der Waals surface area contributed by atoms with E-state index >= 15 is 0 Å². The number of carbonyl (C=O) groups is 2. The molecule has 1 heterocycles. The molecular formula is C23H15F5N2O3. The smallest absolute Gasteiger partial charge is 0.405 e. The number of hydrogen-bond donors (Lipinski definition) is 2. The van der Waals surface area contributed by atoms with Crippen LogP contribution in [-0.2, 0) is 5.41 Å². The van der Waals surface area contributed by atoms with Gasteiger partial charge >= 0.3 is 12.2 Å². The molecule has 1 unspecified atom stereocenters. The summed E-state index contributed by atoms with van der Waals surface area (Å²) in [5.41, 5.74) is -4.30. The van der Waals surface area contributed by atoms with E-state index < -0.39 is 47.3 Å². The van der Waals surface area contributed by atoms with Crippen LogP contribution in [0.4, 0.5) is 32.4 Å². The van der Waals surface area contributed by atoms with Crippen LogP contribution in [-0.4, -0.2) is 24.7 Å². The number of alkyl halides is 3. The molecule has 0 fully saturated rings. The van der Waals surface area contributed by atoms with Crippen molar-refractivity contribution in [2.75, 3.05) is 11.9 Å². The minimum atomic E-state index is -4.81. The zero-order valence-corrected chi connectivity index (χ0v) is 16.7. The van der Waals surface area contributed by atoms with Gasteiger partial charge in [-0.25, -0.2) is 13.6 Å². The Hall–Kier alpha value is -3.95. The number of amides is 3. The van der Waals surface area contributed by atoms with E-state index in [1.165, 1.54) is 42.5 Å². The molecule has 3 aromatic rings. The fraction of sp³-hybridized carbons (Fsp3) is 0.130. The summed E-state index contributed by atoms with van der Waals surface area (Å²) >= 11 is 0. The van der Waals surface area contributed by atoms with Gasteiger partial charge in [-0.3, -0.25) is 10.1 Å². The Kier molecular flexibility index (Phi) is 5.52. The number of carbonyl (C=O) groups excluding carboxylic acids is 2. The number of halogens is 5. The molecule has 0 saturated heterocycles. The molecule has 1 aliphatic rings. The highest BCUT2D eigenvalue weighted by molar-refractivity contribution is 6.08. The molecule has 0 bridgehead atoms. The minimum absolute atomic E-state index is 0.0968. The van der Waals surface area contributed by atoms with Crippen LogP contribution in [0.1, 0.15) is 21.5 Å². The SMILES string of the molecule is O=C(NC(=O)c1c(F)cccc1F)Nc1cccc2c1C(c1ccccc1)(C(F)(F)F)CO2. The minimum Gasteiger partial charge on any atom is -0.492 e. The quantitative estimate of drug-likeness (QED) is 0.528. The van der Waals surface area contributed by atoms with Crippen molar-refractivity contribution in [2.45, 2.75) is 11.6 Å². The van der Waals surface area contributed by atoms with Gasteiger partial charge in [0, 0.05) is 5.56 Å². The summed E-state index contributed by atoms with van der Waals surface area (Å²) in [5.74, 6) is -3.89. The van der Waals surface area contributed by atoms with Crippen molar-refractivity contribution < 1.29 is 36.3 Å². The topological polar surface area (TPSA) is 67.4 Å². The van der Waals surface area contributed by atoms with Gasteiger partial charge in [0.2, 0.25) is 0 Å². The largest absolute Gasteiger partial charge is 0.492 e. The maximum atomic E-state index is 14.5. The standard InChI is InChI=1S/C23H15F5N2O3/c24-14-8-4-9-15(25)18(14)20(31)30-21(32)29-16-10-5-11-17-19(16)22(12-33-17,23(26,27)28)13-6-2-1-3-7-13/h1-11H,12H2,(H2,29,30,31,32). The summed E-state index contributed by atoms with van der Waals surface area (Å²) in [6, 6.07) is 12.4. The number of nitrogens with one attached hydrogen (secondary N) is 2. The zero-order chi connectivity index (χ0) is 23.8. The second kappa shape index (κ2) is 8.19. The Morgan fingerprint density at radius 3 is 2.15 bits per heavy atom. The molecule has 3 aromatic carbocycles. The number of anilines is 1. The molecule has 0 aliphatic carbocycles. The number of rotatable bonds is 3. The van der Waals surface area contributed by atoms with Gasteiger partial charge < -0.3 is 10.1 Å². The number of benzene rings is 3. The van der Waals surface area contributed by atoms with Crippen molar-refractivity contribution in [2.24, 2.45) is 0 Å². The summed E-state index contributed by atoms with van der Waals surface area (Å²) in [4.78, 5) is 24.6. The summed E-state index contributed by atoms with van der Waals surface area (Å²) < 4.78 is 76.4. The average molecular weight is 462 g/mol. The average Bonchev–Trinajstić information content (AvgIpc) is 3.16. The molecule has 0 spiro atoms. The molecule has 2 N–H and O–H groups in total.